The van der Waals surface area contributed by atoms with Gasteiger partial charge in [0.2, 0.25) is 0 Å². The van der Waals surface area contributed by atoms with E-state index in [1.54, 1.807) is 6.20 Å². The number of nitrogens with zero attached hydrogens (tertiary/aromatic N) is 2. The van der Waals surface area contributed by atoms with Gasteiger partial charge in [0.05, 0.1) is 0 Å². The monoisotopic (exact) mass is 195 g/mol. The van der Waals surface area contributed by atoms with Crippen LogP contribution in [0.4, 0.5) is 5.82 Å². The molecule has 4 nitrogen and oxygen atoms in total. The third kappa shape index (κ3) is 2.87. The summed E-state index contributed by atoms with van der Waals surface area (Å²) in [5.41, 5.74) is -0.278. The Morgan fingerprint density at radius 2 is 2.00 bits per heavy atom. The molecule has 78 valence electrons. The van der Waals surface area contributed by atoms with Gasteiger partial charge in [-0.15, -0.1) is 0 Å². The van der Waals surface area contributed by atoms with Crippen LogP contribution in [0.5, 0.6) is 0 Å². The Kier molecular flexibility index (Phi) is 4.16. The summed E-state index contributed by atoms with van der Waals surface area (Å²) < 4.78 is 0. The predicted octanol–water partition coefficient (Wildman–Crippen LogP) is 1.40. The lowest BCUT2D eigenvalue weighted by Gasteiger charge is -2.22. The first-order valence-corrected chi connectivity index (χ1v) is 5.08. The van der Waals surface area contributed by atoms with Gasteiger partial charge in [0.25, 0.3) is 0 Å². The SMILES string of the molecule is CCCN(CCC)c1ccnc(=O)[nH]1. The largest absolute Gasteiger partial charge is 0.358 e. The number of H-pyrrole nitrogens is 1. The van der Waals surface area contributed by atoms with Crippen LogP contribution < -0.4 is 10.6 Å². The Bertz CT molecular complexity index is 315. The summed E-state index contributed by atoms with van der Waals surface area (Å²) in [5.74, 6) is 0.869. The topological polar surface area (TPSA) is 49.0 Å². The van der Waals surface area contributed by atoms with Crippen molar-refractivity contribution >= 4 is 5.82 Å². The highest BCUT2D eigenvalue weighted by Crippen LogP contribution is 2.07. The number of nitrogens with one attached hydrogen (secondary N) is 1. The minimum Gasteiger partial charge on any atom is -0.358 e. The molecule has 0 aromatic carbocycles. The molecule has 0 aliphatic heterocycles. The van der Waals surface area contributed by atoms with E-state index in [2.05, 4.69) is 28.7 Å². The standard InChI is InChI=1S/C10H17N3O/c1-3-7-13(8-4-2)9-5-6-11-10(14)12-9/h5-6H,3-4,7-8H2,1-2H3,(H,11,12,14). The zero-order valence-electron chi connectivity index (χ0n) is 8.79. The van der Waals surface area contributed by atoms with Crippen molar-refractivity contribution in [2.45, 2.75) is 26.7 Å². The molecule has 0 atom stereocenters. The molecule has 1 aromatic heterocycles. The summed E-state index contributed by atoms with van der Waals surface area (Å²) in [7, 11) is 0. The van der Waals surface area contributed by atoms with E-state index in [1.807, 2.05) is 6.07 Å². The fourth-order valence-corrected chi connectivity index (χ4v) is 1.44. The maximum atomic E-state index is 11.0. The van der Waals surface area contributed by atoms with Crippen molar-refractivity contribution in [2.75, 3.05) is 18.0 Å². The summed E-state index contributed by atoms with van der Waals surface area (Å²) in [5, 5.41) is 0. The summed E-state index contributed by atoms with van der Waals surface area (Å²) in [6.07, 6.45) is 3.70. The maximum absolute atomic E-state index is 11.0. The van der Waals surface area contributed by atoms with Crippen LogP contribution in [0.1, 0.15) is 26.7 Å². The van der Waals surface area contributed by atoms with Gasteiger partial charge in [-0.3, -0.25) is 4.98 Å². The second kappa shape index (κ2) is 5.42. The third-order valence-corrected chi connectivity index (χ3v) is 1.99. The van der Waals surface area contributed by atoms with E-state index in [0.717, 1.165) is 31.7 Å². The maximum Gasteiger partial charge on any atom is 0.346 e. The van der Waals surface area contributed by atoms with Gasteiger partial charge in [0.1, 0.15) is 5.82 Å². The van der Waals surface area contributed by atoms with Crippen molar-refractivity contribution in [3.8, 4) is 0 Å². The summed E-state index contributed by atoms with van der Waals surface area (Å²) in [4.78, 5) is 19.5. The van der Waals surface area contributed by atoms with Crippen molar-refractivity contribution in [2.24, 2.45) is 0 Å². The molecule has 0 spiro atoms. The van der Waals surface area contributed by atoms with E-state index in [1.165, 1.54) is 0 Å². The molecule has 1 aromatic rings. The number of aromatic nitrogens is 2. The Labute approximate surface area is 84.0 Å². The lowest BCUT2D eigenvalue weighted by Crippen LogP contribution is -2.28. The Hall–Kier alpha value is -1.32. The molecular formula is C10H17N3O. The molecule has 0 saturated carbocycles. The lowest BCUT2D eigenvalue weighted by molar-refractivity contribution is 0.730. The molecule has 0 radical (unpaired) electrons. The number of anilines is 1. The molecule has 4 heteroatoms. The highest BCUT2D eigenvalue weighted by atomic mass is 16.1. The number of aromatic amines is 1. The van der Waals surface area contributed by atoms with Gasteiger partial charge < -0.3 is 4.90 Å². The second-order valence-corrected chi connectivity index (χ2v) is 3.25. The van der Waals surface area contributed by atoms with Crippen LogP contribution >= 0.6 is 0 Å². The Morgan fingerprint density at radius 3 is 2.50 bits per heavy atom. The molecule has 0 amide bonds. The molecule has 0 unspecified atom stereocenters. The quantitative estimate of drug-likeness (QED) is 0.772. The molecule has 0 aliphatic rings. The second-order valence-electron chi connectivity index (χ2n) is 3.25. The van der Waals surface area contributed by atoms with Crippen molar-refractivity contribution < 1.29 is 0 Å². The van der Waals surface area contributed by atoms with Gasteiger partial charge in [-0.25, -0.2) is 9.78 Å². The zero-order valence-corrected chi connectivity index (χ0v) is 8.79. The van der Waals surface area contributed by atoms with E-state index in [0.29, 0.717) is 0 Å². The minimum absolute atomic E-state index is 0.278. The van der Waals surface area contributed by atoms with Crippen molar-refractivity contribution in [1.82, 2.24) is 9.97 Å². The van der Waals surface area contributed by atoms with Gasteiger partial charge in [-0.05, 0) is 18.9 Å². The zero-order chi connectivity index (χ0) is 10.4. The fourth-order valence-electron chi connectivity index (χ4n) is 1.44. The average Bonchev–Trinajstić information content (AvgIpc) is 2.17. The van der Waals surface area contributed by atoms with Crippen molar-refractivity contribution in [3.05, 3.63) is 22.7 Å². The van der Waals surface area contributed by atoms with Crippen LogP contribution in [0.15, 0.2) is 17.1 Å². The molecule has 1 rings (SSSR count). The molecule has 0 bridgehead atoms. The molecule has 0 fully saturated rings. The molecule has 0 saturated heterocycles. The molecule has 1 N–H and O–H groups in total. The van der Waals surface area contributed by atoms with E-state index in [9.17, 15) is 4.79 Å². The van der Waals surface area contributed by atoms with Gasteiger partial charge in [0.15, 0.2) is 0 Å². The third-order valence-electron chi connectivity index (χ3n) is 1.99. The van der Waals surface area contributed by atoms with Crippen LogP contribution in [0.25, 0.3) is 0 Å². The van der Waals surface area contributed by atoms with Gasteiger partial charge in [0, 0.05) is 19.3 Å². The first-order valence-electron chi connectivity index (χ1n) is 5.08. The van der Waals surface area contributed by atoms with Gasteiger partial charge in [-0.1, -0.05) is 13.8 Å². The van der Waals surface area contributed by atoms with E-state index >= 15 is 0 Å². The Morgan fingerprint density at radius 1 is 1.36 bits per heavy atom. The fraction of sp³-hybridized carbons (Fsp3) is 0.600. The van der Waals surface area contributed by atoms with E-state index in [4.69, 9.17) is 0 Å². The molecule has 1 heterocycles. The molecular weight excluding hydrogens is 178 g/mol. The summed E-state index contributed by atoms with van der Waals surface area (Å²) in [6.45, 7) is 6.19. The number of hydrogen-bond donors (Lipinski definition) is 1. The first-order chi connectivity index (χ1) is 6.77. The number of rotatable bonds is 5. The van der Waals surface area contributed by atoms with Gasteiger partial charge in [-0.2, -0.15) is 0 Å². The van der Waals surface area contributed by atoms with Crippen molar-refractivity contribution in [1.29, 1.82) is 0 Å². The summed E-state index contributed by atoms with van der Waals surface area (Å²) in [6, 6.07) is 1.84. The van der Waals surface area contributed by atoms with E-state index < -0.39 is 0 Å². The van der Waals surface area contributed by atoms with Gasteiger partial charge >= 0.3 is 5.69 Å². The minimum atomic E-state index is -0.278. The van der Waals surface area contributed by atoms with Crippen LogP contribution in [-0.4, -0.2) is 23.1 Å². The van der Waals surface area contributed by atoms with Crippen LogP contribution in [-0.2, 0) is 0 Å². The normalized spacial score (nSPS) is 10.1. The van der Waals surface area contributed by atoms with E-state index in [-0.39, 0.29) is 5.69 Å². The Balaban J connectivity index is 2.81. The summed E-state index contributed by atoms with van der Waals surface area (Å²) >= 11 is 0. The average molecular weight is 195 g/mol. The molecule has 0 aliphatic carbocycles. The predicted molar refractivity (Wildman–Crippen MR) is 57.7 cm³/mol. The van der Waals surface area contributed by atoms with Crippen molar-refractivity contribution in [3.63, 3.8) is 0 Å². The lowest BCUT2D eigenvalue weighted by atomic mass is 10.3. The highest BCUT2D eigenvalue weighted by molar-refractivity contribution is 5.35. The highest BCUT2D eigenvalue weighted by Gasteiger charge is 2.04. The van der Waals surface area contributed by atoms with Crippen LogP contribution in [0.3, 0.4) is 0 Å². The smallest absolute Gasteiger partial charge is 0.346 e. The van der Waals surface area contributed by atoms with Crippen LogP contribution in [0, 0.1) is 0 Å². The number of hydrogen-bond acceptors (Lipinski definition) is 3. The molecule has 14 heavy (non-hydrogen) atoms. The van der Waals surface area contributed by atoms with Crippen LogP contribution in [0.2, 0.25) is 0 Å². The first kappa shape index (κ1) is 10.8.